The largest absolute Gasteiger partial charge is 0.497 e. The number of nitrogens with one attached hydrogen (secondary N) is 1. The summed E-state index contributed by atoms with van der Waals surface area (Å²) in [5, 5.41) is 3.48. The molecule has 1 aromatic heterocycles. The van der Waals surface area contributed by atoms with Crippen molar-refractivity contribution in [3.63, 3.8) is 0 Å². The summed E-state index contributed by atoms with van der Waals surface area (Å²) in [6.45, 7) is 6.31. The molecule has 1 aromatic carbocycles. The molecule has 0 spiro atoms. The average molecular weight is 311 g/mol. The Balaban J connectivity index is 1.95. The predicted octanol–water partition coefficient (Wildman–Crippen LogP) is 2.78. The fourth-order valence-corrected chi connectivity index (χ4v) is 3.12. The summed E-state index contributed by atoms with van der Waals surface area (Å²) in [4.78, 5) is 7.24. The summed E-state index contributed by atoms with van der Waals surface area (Å²) in [5.41, 5.74) is 3.58. The summed E-state index contributed by atoms with van der Waals surface area (Å²) >= 11 is 0. The highest BCUT2D eigenvalue weighted by molar-refractivity contribution is 5.34. The van der Waals surface area contributed by atoms with Gasteiger partial charge in [-0.15, -0.1) is 0 Å². The molecule has 23 heavy (non-hydrogen) atoms. The zero-order chi connectivity index (χ0) is 16.1. The normalized spacial score (nSPS) is 17.5. The molecule has 1 aliphatic heterocycles. The lowest BCUT2D eigenvalue weighted by Crippen LogP contribution is -2.33. The van der Waals surface area contributed by atoms with Crippen LogP contribution in [-0.2, 0) is 0 Å². The Morgan fingerprint density at radius 1 is 1.09 bits per heavy atom. The molecular formula is C19H25N3O. The fraction of sp³-hybridized carbons (Fsp3) is 0.421. The van der Waals surface area contributed by atoms with Gasteiger partial charge in [0, 0.05) is 25.8 Å². The van der Waals surface area contributed by atoms with Crippen molar-refractivity contribution in [1.82, 2.24) is 15.2 Å². The maximum Gasteiger partial charge on any atom is 0.118 e. The van der Waals surface area contributed by atoms with Crippen molar-refractivity contribution >= 4 is 0 Å². The van der Waals surface area contributed by atoms with Gasteiger partial charge in [0.15, 0.2) is 0 Å². The van der Waals surface area contributed by atoms with Crippen molar-refractivity contribution in [2.45, 2.75) is 19.4 Å². The van der Waals surface area contributed by atoms with Crippen LogP contribution in [0.4, 0.5) is 0 Å². The molecule has 1 fully saturated rings. The van der Waals surface area contributed by atoms with Gasteiger partial charge >= 0.3 is 0 Å². The number of hydrogen-bond acceptors (Lipinski definition) is 4. The lowest BCUT2D eigenvalue weighted by Gasteiger charge is -2.30. The van der Waals surface area contributed by atoms with Gasteiger partial charge in [-0.05, 0) is 49.2 Å². The number of aryl methyl sites for hydroxylation is 1. The molecule has 1 N–H and O–H groups in total. The van der Waals surface area contributed by atoms with Gasteiger partial charge in [0.1, 0.15) is 5.75 Å². The lowest BCUT2D eigenvalue weighted by atomic mass is 10.0. The molecule has 4 heteroatoms. The Hall–Kier alpha value is -1.91. The van der Waals surface area contributed by atoms with Gasteiger partial charge in [0.05, 0.1) is 18.8 Å². The van der Waals surface area contributed by atoms with Crippen LogP contribution in [0.5, 0.6) is 5.75 Å². The highest BCUT2D eigenvalue weighted by atomic mass is 16.5. The van der Waals surface area contributed by atoms with Crippen molar-refractivity contribution in [3.8, 4) is 5.75 Å². The molecular weight excluding hydrogens is 286 g/mol. The van der Waals surface area contributed by atoms with Crippen LogP contribution in [0.3, 0.4) is 0 Å². The number of aromatic nitrogens is 1. The number of rotatable bonds is 4. The van der Waals surface area contributed by atoms with Gasteiger partial charge in [-0.25, -0.2) is 0 Å². The van der Waals surface area contributed by atoms with E-state index >= 15 is 0 Å². The molecule has 1 atom stereocenters. The van der Waals surface area contributed by atoms with Gasteiger partial charge in [-0.2, -0.15) is 0 Å². The first-order chi connectivity index (χ1) is 11.3. The molecule has 0 bridgehead atoms. The first-order valence-electron chi connectivity index (χ1n) is 8.29. The van der Waals surface area contributed by atoms with E-state index in [4.69, 9.17) is 9.72 Å². The highest BCUT2D eigenvalue weighted by Gasteiger charge is 2.24. The van der Waals surface area contributed by atoms with E-state index in [0.29, 0.717) is 0 Å². The molecule has 122 valence electrons. The minimum absolute atomic E-state index is 0.196. The van der Waals surface area contributed by atoms with Gasteiger partial charge in [0.2, 0.25) is 0 Å². The van der Waals surface area contributed by atoms with E-state index < -0.39 is 0 Å². The van der Waals surface area contributed by atoms with E-state index in [2.05, 4.69) is 41.4 Å². The zero-order valence-electron chi connectivity index (χ0n) is 14.0. The zero-order valence-corrected chi connectivity index (χ0v) is 14.0. The van der Waals surface area contributed by atoms with E-state index in [1.54, 1.807) is 7.11 Å². The van der Waals surface area contributed by atoms with Crippen LogP contribution in [0, 0.1) is 6.92 Å². The topological polar surface area (TPSA) is 37.4 Å². The SMILES string of the molecule is COc1ccc(C(c2ccc(C)cn2)N2CCCNCC2)cc1. The van der Waals surface area contributed by atoms with Crippen molar-refractivity contribution in [2.24, 2.45) is 0 Å². The molecule has 1 unspecified atom stereocenters. The summed E-state index contributed by atoms with van der Waals surface area (Å²) < 4.78 is 5.30. The van der Waals surface area contributed by atoms with E-state index in [9.17, 15) is 0 Å². The van der Waals surface area contributed by atoms with E-state index in [1.807, 2.05) is 18.3 Å². The summed E-state index contributed by atoms with van der Waals surface area (Å²) in [7, 11) is 1.70. The molecule has 4 nitrogen and oxygen atoms in total. The molecule has 0 amide bonds. The Labute approximate surface area is 138 Å². The van der Waals surface area contributed by atoms with Gasteiger partial charge in [-0.3, -0.25) is 9.88 Å². The Bertz CT molecular complexity index is 602. The van der Waals surface area contributed by atoms with Crippen LogP contribution in [0.1, 0.15) is 29.3 Å². The summed E-state index contributed by atoms with van der Waals surface area (Å²) in [6.07, 6.45) is 3.13. The molecule has 1 saturated heterocycles. The van der Waals surface area contributed by atoms with Gasteiger partial charge in [0.25, 0.3) is 0 Å². The number of ether oxygens (including phenoxy) is 1. The van der Waals surface area contributed by atoms with Crippen LogP contribution in [0.15, 0.2) is 42.6 Å². The standard InChI is InChI=1S/C19H25N3O/c1-15-4-9-18(21-14-15)19(22-12-3-10-20-11-13-22)16-5-7-17(23-2)8-6-16/h4-9,14,19-20H,3,10-13H2,1-2H3. The monoisotopic (exact) mass is 311 g/mol. The van der Waals surface area contributed by atoms with Crippen molar-refractivity contribution in [2.75, 3.05) is 33.3 Å². The van der Waals surface area contributed by atoms with Crippen LogP contribution in [0.25, 0.3) is 0 Å². The van der Waals surface area contributed by atoms with Crippen molar-refractivity contribution in [3.05, 3.63) is 59.4 Å². The highest BCUT2D eigenvalue weighted by Crippen LogP contribution is 2.29. The second kappa shape index (κ2) is 7.57. The Morgan fingerprint density at radius 3 is 2.61 bits per heavy atom. The second-order valence-electron chi connectivity index (χ2n) is 6.08. The maximum atomic E-state index is 5.30. The molecule has 2 heterocycles. The van der Waals surface area contributed by atoms with Crippen LogP contribution < -0.4 is 10.1 Å². The number of nitrogens with zero attached hydrogens (tertiary/aromatic N) is 2. The summed E-state index contributed by atoms with van der Waals surface area (Å²) in [5.74, 6) is 0.891. The molecule has 0 radical (unpaired) electrons. The number of pyridine rings is 1. The first-order valence-corrected chi connectivity index (χ1v) is 8.29. The predicted molar refractivity (Wildman–Crippen MR) is 92.9 cm³/mol. The maximum absolute atomic E-state index is 5.30. The van der Waals surface area contributed by atoms with E-state index in [1.165, 1.54) is 17.5 Å². The quantitative estimate of drug-likeness (QED) is 0.942. The van der Waals surface area contributed by atoms with E-state index in [0.717, 1.165) is 37.6 Å². The minimum Gasteiger partial charge on any atom is -0.497 e. The lowest BCUT2D eigenvalue weighted by molar-refractivity contribution is 0.237. The minimum atomic E-state index is 0.196. The smallest absolute Gasteiger partial charge is 0.118 e. The molecule has 2 aromatic rings. The molecule has 0 saturated carbocycles. The second-order valence-corrected chi connectivity index (χ2v) is 6.08. The molecule has 1 aliphatic rings. The van der Waals surface area contributed by atoms with Crippen molar-refractivity contribution in [1.29, 1.82) is 0 Å². The fourth-order valence-electron chi connectivity index (χ4n) is 3.12. The van der Waals surface area contributed by atoms with Crippen LogP contribution in [0.2, 0.25) is 0 Å². The number of methoxy groups -OCH3 is 1. The van der Waals surface area contributed by atoms with Crippen LogP contribution in [-0.4, -0.2) is 43.2 Å². The summed E-state index contributed by atoms with van der Waals surface area (Å²) in [6, 6.07) is 12.9. The van der Waals surface area contributed by atoms with Crippen molar-refractivity contribution < 1.29 is 4.74 Å². The average Bonchev–Trinajstić information content (AvgIpc) is 2.87. The van der Waals surface area contributed by atoms with Gasteiger partial charge < -0.3 is 10.1 Å². The number of benzene rings is 1. The third-order valence-electron chi connectivity index (χ3n) is 4.39. The molecule has 3 rings (SSSR count). The number of hydrogen-bond donors (Lipinski definition) is 1. The van der Waals surface area contributed by atoms with Crippen LogP contribution >= 0.6 is 0 Å². The Morgan fingerprint density at radius 2 is 1.91 bits per heavy atom. The third kappa shape index (κ3) is 3.89. The first kappa shape index (κ1) is 16.0. The Kier molecular flexibility index (Phi) is 5.26. The van der Waals surface area contributed by atoms with Gasteiger partial charge in [-0.1, -0.05) is 18.2 Å². The third-order valence-corrected chi connectivity index (χ3v) is 4.39. The molecule has 0 aliphatic carbocycles. The van der Waals surface area contributed by atoms with E-state index in [-0.39, 0.29) is 6.04 Å².